The van der Waals surface area contributed by atoms with E-state index in [-0.39, 0.29) is 26.1 Å². The van der Waals surface area contributed by atoms with Gasteiger partial charge in [-0.05, 0) is 57.8 Å². The molecule has 0 N–H and O–H groups in total. The van der Waals surface area contributed by atoms with Gasteiger partial charge in [-0.2, -0.15) is 0 Å². The van der Waals surface area contributed by atoms with Crippen molar-refractivity contribution in [2.24, 2.45) is 0 Å². The fraction of sp³-hybridized carbons (Fsp3) is 0.739. The molecule has 0 saturated carbocycles. The highest BCUT2D eigenvalue weighted by Gasteiger charge is 2.21. The summed E-state index contributed by atoms with van der Waals surface area (Å²) in [6.07, 6.45) is 45.6. The monoisotopic (exact) mass is 808 g/mol. The Hall–Kier alpha value is -2.29. The summed E-state index contributed by atoms with van der Waals surface area (Å²) >= 11 is 0. The van der Waals surface area contributed by atoms with Crippen LogP contribution in [-0.2, 0) is 32.7 Å². The molecule has 0 rings (SSSR count). The van der Waals surface area contributed by atoms with Crippen LogP contribution in [0.15, 0.2) is 60.8 Å². The van der Waals surface area contributed by atoms with Crippen LogP contribution < -0.4 is 4.89 Å². The number of quaternary nitrogens is 1. The van der Waals surface area contributed by atoms with Gasteiger partial charge in [-0.3, -0.25) is 14.2 Å². The predicted octanol–water partition coefficient (Wildman–Crippen LogP) is 11.8. The van der Waals surface area contributed by atoms with Gasteiger partial charge in [0.05, 0.1) is 27.7 Å². The van der Waals surface area contributed by atoms with Crippen molar-refractivity contribution >= 4 is 19.8 Å². The number of phosphoric acid groups is 1. The van der Waals surface area contributed by atoms with E-state index in [4.69, 9.17) is 18.5 Å². The Morgan fingerprint density at radius 1 is 0.554 bits per heavy atom. The third kappa shape index (κ3) is 41.3. The Kier molecular flexibility index (Phi) is 36.7. The lowest BCUT2D eigenvalue weighted by atomic mass is 10.1. The first-order chi connectivity index (χ1) is 27.0. The van der Waals surface area contributed by atoms with Crippen molar-refractivity contribution < 1.29 is 42.1 Å². The molecule has 0 aromatic heterocycles. The second kappa shape index (κ2) is 38.2. The maximum Gasteiger partial charge on any atom is 0.306 e. The molecule has 0 bridgehead atoms. The second-order valence-electron chi connectivity index (χ2n) is 15.7. The molecule has 10 heteroatoms. The Labute approximate surface area is 343 Å². The lowest BCUT2D eigenvalue weighted by Gasteiger charge is -2.28. The number of likely N-dealkylation sites (N-methyl/N-ethyl adjacent to an activating group) is 1. The summed E-state index contributed by atoms with van der Waals surface area (Å²) in [4.78, 5) is 37.4. The largest absolute Gasteiger partial charge is 0.756 e. The first-order valence-electron chi connectivity index (χ1n) is 22.0. The molecule has 56 heavy (non-hydrogen) atoms. The van der Waals surface area contributed by atoms with E-state index in [1.165, 1.54) is 89.9 Å². The molecule has 0 amide bonds. The van der Waals surface area contributed by atoms with Gasteiger partial charge in [0.25, 0.3) is 7.82 Å². The Morgan fingerprint density at radius 2 is 0.964 bits per heavy atom. The molecule has 0 aliphatic rings. The number of ether oxygens (including phenoxy) is 2. The number of esters is 2. The molecule has 0 spiro atoms. The maximum atomic E-state index is 12.6. The van der Waals surface area contributed by atoms with Gasteiger partial charge in [0, 0.05) is 12.8 Å². The van der Waals surface area contributed by atoms with E-state index in [1.807, 2.05) is 39.4 Å². The van der Waals surface area contributed by atoms with Crippen molar-refractivity contribution in [1.29, 1.82) is 0 Å². The van der Waals surface area contributed by atoms with Crippen LogP contribution in [0.25, 0.3) is 0 Å². The van der Waals surface area contributed by atoms with Gasteiger partial charge in [-0.15, -0.1) is 0 Å². The lowest BCUT2D eigenvalue weighted by Crippen LogP contribution is -2.37. The Bertz CT molecular complexity index is 1140. The summed E-state index contributed by atoms with van der Waals surface area (Å²) < 4.78 is 33.7. The fourth-order valence-corrected chi connectivity index (χ4v) is 6.29. The summed E-state index contributed by atoms with van der Waals surface area (Å²) in [6, 6.07) is 0. The first-order valence-corrected chi connectivity index (χ1v) is 23.5. The highest BCUT2D eigenvalue weighted by Crippen LogP contribution is 2.38. The number of rotatable bonds is 39. The normalized spacial score (nSPS) is 14.2. The molecule has 9 nitrogen and oxygen atoms in total. The van der Waals surface area contributed by atoms with E-state index < -0.39 is 32.5 Å². The third-order valence-corrected chi connectivity index (χ3v) is 10.0. The van der Waals surface area contributed by atoms with Crippen LogP contribution in [0.4, 0.5) is 0 Å². The van der Waals surface area contributed by atoms with Crippen LogP contribution in [-0.4, -0.2) is 70.0 Å². The zero-order chi connectivity index (χ0) is 41.4. The van der Waals surface area contributed by atoms with Crippen LogP contribution in [0.1, 0.15) is 168 Å². The van der Waals surface area contributed by atoms with Crippen molar-refractivity contribution in [1.82, 2.24) is 0 Å². The number of carbonyl (C=O) groups excluding carboxylic acids is 2. The molecule has 0 aromatic rings. The summed E-state index contributed by atoms with van der Waals surface area (Å²) in [5.74, 6) is -0.988. The van der Waals surface area contributed by atoms with Crippen LogP contribution in [0.2, 0.25) is 0 Å². The standard InChI is InChI=1S/C46H82NO8P/c1-6-8-10-12-14-16-18-20-22-23-25-27-29-31-33-35-37-39-46(49)55-44(43-54-56(50,51)53-41-40-47(3,4)5)42-52-45(48)38-36-34-32-30-28-26-24-21-19-17-15-13-11-9-7-2/h16,18,22-23,27,29,32-35,44H,6-15,17,19-21,24-26,28,30-31,36-43H2,1-5H3/b18-16-,23-22-,29-27-,34-32-,35-33-. The van der Waals surface area contributed by atoms with E-state index in [2.05, 4.69) is 56.4 Å². The molecule has 0 aromatic carbocycles. The number of phosphoric ester groups is 1. The van der Waals surface area contributed by atoms with Crippen molar-refractivity contribution in [2.45, 2.75) is 174 Å². The molecule has 0 aliphatic heterocycles. The van der Waals surface area contributed by atoms with Gasteiger partial charge < -0.3 is 27.9 Å². The lowest BCUT2D eigenvalue weighted by molar-refractivity contribution is -0.870. The Balaban J connectivity index is 4.53. The van der Waals surface area contributed by atoms with Crippen molar-refractivity contribution in [3.8, 4) is 0 Å². The molecular formula is C46H82NO8P. The topological polar surface area (TPSA) is 111 Å². The molecule has 0 radical (unpaired) electrons. The van der Waals surface area contributed by atoms with E-state index >= 15 is 0 Å². The van der Waals surface area contributed by atoms with Crippen molar-refractivity contribution in [3.05, 3.63) is 60.8 Å². The quantitative estimate of drug-likeness (QED) is 0.0198. The molecule has 0 fully saturated rings. The molecule has 0 aliphatic carbocycles. The summed E-state index contributed by atoms with van der Waals surface area (Å²) in [6.45, 7) is 4.07. The minimum absolute atomic E-state index is 0.0500. The average Bonchev–Trinajstić information content (AvgIpc) is 3.15. The second-order valence-corrected chi connectivity index (χ2v) is 17.1. The SMILES string of the molecule is CCCCCC/C=C\C/C=C\C/C=C\C/C=C\CCC(=O)OC(COC(=O)CC/C=C\CCCCCCCCCCCCC)COP(=O)([O-])OCC[N+](C)(C)C. The summed E-state index contributed by atoms with van der Waals surface area (Å²) in [7, 11) is 1.10. The summed E-state index contributed by atoms with van der Waals surface area (Å²) in [5.41, 5.74) is 0. The third-order valence-electron chi connectivity index (χ3n) is 9.04. The smallest absolute Gasteiger partial charge is 0.306 e. The van der Waals surface area contributed by atoms with E-state index in [0.29, 0.717) is 23.9 Å². The average molecular weight is 808 g/mol. The predicted molar refractivity (Wildman–Crippen MR) is 231 cm³/mol. The van der Waals surface area contributed by atoms with Gasteiger partial charge in [0.1, 0.15) is 19.8 Å². The molecule has 324 valence electrons. The van der Waals surface area contributed by atoms with Gasteiger partial charge in [0.15, 0.2) is 6.10 Å². The number of allylic oxidation sites excluding steroid dienone is 10. The van der Waals surface area contributed by atoms with E-state index in [9.17, 15) is 19.0 Å². The minimum atomic E-state index is -4.65. The number of hydrogen-bond donors (Lipinski definition) is 0. The van der Waals surface area contributed by atoms with Crippen LogP contribution >= 0.6 is 7.82 Å². The number of hydrogen-bond acceptors (Lipinski definition) is 8. The molecule has 0 heterocycles. The van der Waals surface area contributed by atoms with Gasteiger partial charge >= 0.3 is 11.9 Å². The van der Waals surface area contributed by atoms with Crippen LogP contribution in [0.3, 0.4) is 0 Å². The summed E-state index contributed by atoms with van der Waals surface area (Å²) in [5, 5.41) is 0. The first kappa shape index (κ1) is 53.7. The Morgan fingerprint density at radius 3 is 1.48 bits per heavy atom. The zero-order valence-electron chi connectivity index (χ0n) is 36.3. The maximum absolute atomic E-state index is 12.6. The van der Waals surface area contributed by atoms with Gasteiger partial charge in [-0.25, -0.2) is 0 Å². The van der Waals surface area contributed by atoms with E-state index in [1.54, 1.807) is 0 Å². The fourth-order valence-electron chi connectivity index (χ4n) is 5.56. The number of unbranched alkanes of at least 4 members (excludes halogenated alkanes) is 15. The van der Waals surface area contributed by atoms with Crippen LogP contribution in [0.5, 0.6) is 0 Å². The van der Waals surface area contributed by atoms with E-state index in [0.717, 1.165) is 38.5 Å². The molecule has 2 unspecified atom stereocenters. The highest BCUT2D eigenvalue weighted by atomic mass is 31.2. The number of nitrogens with zero attached hydrogens (tertiary/aromatic N) is 1. The molecule has 0 saturated heterocycles. The highest BCUT2D eigenvalue weighted by molar-refractivity contribution is 7.45. The zero-order valence-corrected chi connectivity index (χ0v) is 37.2. The van der Waals surface area contributed by atoms with Gasteiger partial charge in [0.2, 0.25) is 0 Å². The van der Waals surface area contributed by atoms with Crippen molar-refractivity contribution in [2.75, 3.05) is 47.5 Å². The molecule has 2 atom stereocenters. The number of carbonyl (C=O) groups is 2. The van der Waals surface area contributed by atoms with Crippen LogP contribution in [0, 0.1) is 0 Å². The minimum Gasteiger partial charge on any atom is -0.756 e. The van der Waals surface area contributed by atoms with Gasteiger partial charge in [-0.1, -0.05) is 158 Å². The molecular weight excluding hydrogens is 725 g/mol. The van der Waals surface area contributed by atoms with Crippen molar-refractivity contribution in [3.63, 3.8) is 0 Å².